The number of hydrogen-bond acceptors (Lipinski definition) is 5. The van der Waals surface area contributed by atoms with Gasteiger partial charge in [0.25, 0.3) is 0 Å². The van der Waals surface area contributed by atoms with Gasteiger partial charge >= 0.3 is 11.9 Å². The number of rotatable bonds is 9. The van der Waals surface area contributed by atoms with Gasteiger partial charge in [0.2, 0.25) is 5.91 Å². The predicted octanol–water partition coefficient (Wildman–Crippen LogP) is -0.499. The Morgan fingerprint density at radius 3 is 2.28 bits per heavy atom. The van der Waals surface area contributed by atoms with Gasteiger partial charge < -0.3 is 21.3 Å². The highest BCUT2D eigenvalue weighted by molar-refractivity contribution is 7.98. The molecule has 0 spiro atoms. The summed E-state index contributed by atoms with van der Waals surface area (Å²) in [5.74, 6) is -2.16. The molecule has 2 atom stereocenters. The summed E-state index contributed by atoms with van der Waals surface area (Å²) in [6, 6.07) is -2.05. The highest BCUT2D eigenvalue weighted by Gasteiger charge is 2.20. The first-order chi connectivity index (χ1) is 8.38. The topological polar surface area (TPSA) is 130 Å². The van der Waals surface area contributed by atoms with Crippen molar-refractivity contribution in [3.05, 3.63) is 0 Å². The predicted molar refractivity (Wildman–Crippen MR) is 67.4 cm³/mol. The van der Waals surface area contributed by atoms with Crippen LogP contribution in [0.25, 0.3) is 0 Å². The Morgan fingerprint density at radius 1 is 1.22 bits per heavy atom. The van der Waals surface area contributed by atoms with Crippen LogP contribution in [0.2, 0.25) is 0 Å². The van der Waals surface area contributed by atoms with Crippen LogP contribution in [0, 0.1) is 0 Å². The Bertz CT molecular complexity index is 311. The average Bonchev–Trinajstić information content (AvgIpc) is 2.30. The van der Waals surface area contributed by atoms with E-state index in [4.69, 9.17) is 15.9 Å². The lowest BCUT2D eigenvalue weighted by atomic mass is 10.1. The highest BCUT2D eigenvalue weighted by Crippen LogP contribution is 2.02. The van der Waals surface area contributed by atoms with Crippen molar-refractivity contribution in [3.63, 3.8) is 0 Å². The maximum atomic E-state index is 11.4. The first kappa shape index (κ1) is 16.7. The Labute approximate surface area is 109 Å². The molecule has 5 N–H and O–H groups in total. The van der Waals surface area contributed by atoms with Gasteiger partial charge in [-0.2, -0.15) is 11.8 Å². The monoisotopic (exact) mass is 278 g/mol. The summed E-state index contributed by atoms with van der Waals surface area (Å²) in [4.78, 5) is 32.7. The van der Waals surface area contributed by atoms with Crippen molar-refractivity contribution in [2.75, 3.05) is 12.0 Å². The molecule has 8 heteroatoms. The third-order valence-corrected chi connectivity index (χ3v) is 2.89. The molecule has 0 saturated carbocycles. The maximum Gasteiger partial charge on any atom is 0.326 e. The average molecular weight is 278 g/mol. The number of amides is 1. The fourth-order valence-corrected chi connectivity index (χ4v) is 1.64. The van der Waals surface area contributed by atoms with Crippen molar-refractivity contribution < 1.29 is 24.6 Å². The van der Waals surface area contributed by atoms with Crippen LogP contribution in [-0.2, 0) is 14.4 Å². The molecule has 7 nitrogen and oxygen atoms in total. The van der Waals surface area contributed by atoms with Gasteiger partial charge in [0, 0.05) is 6.42 Å². The number of nitrogens with one attached hydrogen (secondary N) is 1. The van der Waals surface area contributed by atoms with Crippen molar-refractivity contribution in [2.45, 2.75) is 31.3 Å². The normalized spacial score (nSPS) is 13.7. The van der Waals surface area contributed by atoms with Crippen LogP contribution in [0.15, 0.2) is 0 Å². The molecule has 0 aliphatic carbocycles. The molecular formula is C10H18N2O5S. The van der Waals surface area contributed by atoms with Crippen LogP contribution in [0.4, 0.5) is 0 Å². The van der Waals surface area contributed by atoms with E-state index in [0.717, 1.165) is 0 Å². The molecule has 0 aromatic rings. The van der Waals surface area contributed by atoms with Gasteiger partial charge in [0.05, 0.1) is 0 Å². The first-order valence-corrected chi connectivity index (χ1v) is 6.77. The Morgan fingerprint density at radius 2 is 1.83 bits per heavy atom. The molecule has 0 radical (unpaired) electrons. The molecule has 0 saturated heterocycles. The summed E-state index contributed by atoms with van der Waals surface area (Å²) in [7, 11) is 0. The number of nitrogens with two attached hydrogens (primary N) is 1. The summed E-state index contributed by atoms with van der Waals surface area (Å²) in [5, 5.41) is 19.7. The molecule has 104 valence electrons. The van der Waals surface area contributed by atoms with E-state index in [-0.39, 0.29) is 12.8 Å². The quantitative estimate of drug-likeness (QED) is 0.447. The molecule has 0 bridgehead atoms. The number of hydrogen-bond donors (Lipinski definition) is 4. The number of aliphatic carboxylic acids is 2. The van der Waals surface area contributed by atoms with Crippen LogP contribution in [0.5, 0.6) is 0 Å². The van der Waals surface area contributed by atoms with Crippen LogP contribution < -0.4 is 11.1 Å². The van der Waals surface area contributed by atoms with Crippen molar-refractivity contribution in [1.29, 1.82) is 0 Å². The number of carbonyl (C=O) groups is 3. The number of carboxylic acids is 2. The van der Waals surface area contributed by atoms with E-state index in [1.807, 2.05) is 6.26 Å². The molecule has 18 heavy (non-hydrogen) atoms. The largest absolute Gasteiger partial charge is 0.480 e. The fraction of sp³-hybridized carbons (Fsp3) is 0.700. The Balaban J connectivity index is 4.09. The molecule has 0 fully saturated rings. The molecule has 0 heterocycles. The van der Waals surface area contributed by atoms with E-state index in [1.165, 1.54) is 11.8 Å². The zero-order valence-corrected chi connectivity index (χ0v) is 10.9. The summed E-state index contributed by atoms with van der Waals surface area (Å²) in [5.41, 5.74) is 5.24. The lowest BCUT2D eigenvalue weighted by Crippen LogP contribution is -2.42. The van der Waals surface area contributed by atoms with Gasteiger partial charge in [0.1, 0.15) is 12.1 Å². The van der Waals surface area contributed by atoms with Gasteiger partial charge in [0.15, 0.2) is 0 Å². The lowest BCUT2D eigenvalue weighted by Gasteiger charge is -2.14. The van der Waals surface area contributed by atoms with Gasteiger partial charge in [-0.05, 0) is 24.9 Å². The second-order valence-electron chi connectivity index (χ2n) is 3.72. The van der Waals surface area contributed by atoms with Gasteiger partial charge in [-0.3, -0.25) is 9.59 Å². The van der Waals surface area contributed by atoms with Crippen LogP contribution in [-0.4, -0.2) is 52.2 Å². The zero-order chi connectivity index (χ0) is 14.1. The van der Waals surface area contributed by atoms with Crippen LogP contribution in [0.1, 0.15) is 19.3 Å². The minimum Gasteiger partial charge on any atom is -0.480 e. The summed E-state index contributed by atoms with van der Waals surface area (Å²) < 4.78 is 0. The van der Waals surface area contributed by atoms with Crippen LogP contribution in [0.3, 0.4) is 0 Å². The second kappa shape index (κ2) is 8.76. The van der Waals surface area contributed by atoms with E-state index >= 15 is 0 Å². The highest BCUT2D eigenvalue weighted by atomic mass is 32.2. The van der Waals surface area contributed by atoms with E-state index in [9.17, 15) is 14.4 Å². The first-order valence-electron chi connectivity index (χ1n) is 5.38. The van der Waals surface area contributed by atoms with Gasteiger partial charge in [-0.15, -0.1) is 0 Å². The van der Waals surface area contributed by atoms with Crippen LogP contribution >= 0.6 is 11.8 Å². The molecule has 0 unspecified atom stereocenters. The number of carboxylic acid groups (broad SMARTS) is 2. The molecule has 0 rings (SSSR count). The summed E-state index contributed by atoms with van der Waals surface area (Å²) >= 11 is 1.48. The van der Waals surface area contributed by atoms with E-state index < -0.39 is 29.9 Å². The fourth-order valence-electron chi connectivity index (χ4n) is 1.17. The molecular weight excluding hydrogens is 260 g/mol. The molecule has 1 amide bonds. The maximum absolute atomic E-state index is 11.4. The molecule has 0 aliphatic heterocycles. The smallest absolute Gasteiger partial charge is 0.326 e. The standard InChI is InChI=1S/C10H18N2O5S/c1-18-5-4-7(10(16)17)12-8(13)3-2-6(11)9(14)15/h6-7H,2-5,11H2,1H3,(H,12,13)(H,14,15)(H,16,17)/t6-,7+/m0/s1. The minimum atomic E-state index is -1.18. The van der Waals surface area contributed by atoms with E-state index in [0.29, 0.717) is 12.2 Å². The molecule has 0 aromatic heterocycles. The number of thioether (sulfide) groups is 1. The molecule has 0 aliphatic rings. The number of carbonyl (C=O) groups excluding carboxylic acids is 1. The lowest BCUT2D eigenvalue weighted by molar-refractivity contribution is -0.142. The van der Waals surface area contributed by atoms with Gasteiger partial charge in [-0.25, -0.2) is 4.79 Å². The van der Waals surface area contributed by atoms with E-state index in [2.05, 4.69) is 5.32 Å². The van der Waals surface area contributed by atoms with E-state index in [1.54, 1.807) is 0 Å². The summed E-state index contributed by atoms with van der Waals surface area (Å²) in [6.07, 6.45) is 2.05. The second-order valence-corrected chi connectivity index (χ2v) is 4.71. The third kappa shape index (κ3) is 7.13. The van der Waals surface area contributed by atoms with Crippen molar-refractivity contribution in [1.82, 2.24) is 5.32 Å². The van der Waals surface area contributed by atoms with Crippen molar-refractivity contribution in [2.24, 2.45) is 5.73 Å². The van der Waals surface area contributed by atoms with Crippen molar-refractivity contribution >= 4 is 29.6 Å². The summed E-state index contributed by atoms with van der Waals surface area (Å²) in [6.45, 7) is 0. The zero-order valence-electron chi connectivity index (χ0n) is 10.1. The van der Waals surface area contributed by atoms with Crippen molar-refractivity contribution in [3.8, 4) is 0 Å². The Hall–Kier alpha value is -1.28. The Kier molecular flexibility index (Phi) is 8.14. The SMILES string of the molecule is CSCC[C@@H](NC(=O)CC[C@H](N)C(=O)O)C(=O)O. The third-order valence-electron chi connectivity index (χ3n) is 2.24. The molecule has 0 aromatic carbocycles. The van der Waals surface area contributed by atoms with Gasteiger partial charge in [-0.1, -0.05) is 0 Å². The minimum absolute atomic E-state index is 0.0178.